The first-order valence-electron chi connectivity index (χ1n) is 6.35. The number of benzene rings is 1. The number of carbonyl (C=O) groups excluding carboxylic acids is 1. The maximum atomic E-state index is 12.2. The Labute approximate surface area is 114 Å². The zero-order valence-electron chi connectivity index (χ0n) is 11.5. The molecule has 0 spiro atoms. The molecule has 0 aliphatic heterocycles. The van der Waals surface area contributed by atoms with E-state index in [9.17, 15) is 13.2 Å². The lowest BCUT2D eigenvalue weighted by molar-refractivity contribution is 0.0772. The summed E-state index contributed by atoms with van der Waals surface area (Å²) in [4.78, 5) is 13.9. The van der Waals surface area contributed by atoms with Crippen LogP contribution in [0.5, 0.6) is 0 Å². The summed E-state index contributed by atoms with van der Waals surface area (Å²) in [6.45, 7) is 7.00. The van der Waals surface area contributed by atoms with E-state index in [0.717, 1.165) is 0 Å². The van der Waals surface area contributed by atoms with Crippen molar-refractivity contribution < 1.29 is 13.2 Å². The van der Waals surface area contributed by atoms with Gasteiger partial charge in [-0.15, -0.1) is 0 Å². The van der Waals surface area contributed by atoms with Crippen LogP contribution in [0.3, 0.4) is 0 Å². The third kappa shape index (κ3) is 3.78. The molecule has 6 heteroatoms. The molecule has 0 aliphatic rings. The minimum absolute atomic E-state index is 0.118. The molecule has 1 rings (SSSR count). The van der Waals surface area contributed by atoms with Gasteiger partial charge in [-0.2, -0.15) is 0 Å². The third-order valence-electron chi connectivity index (χ3n) is 2.78. The summed E-state index contributed by atoms with van der Waals surface area (Å²) in [7, 11) is -3.53. The van der Waals surface area contributed by atoms with E-state index in [1.54, 1.807) is 24.0 Å². The highest BCUT2D eigenvalue weighted by Crippen LogP contribution is 2.13. The molecule has 0 aliphatic carbocycles. The van der Waals surface area contributed by atoms with Gasteiger partial charge in [0.15, 0.2) is 0 Å². The number of rotatable bonds is 6. The number of nitrogens with zero attached hydrogens (tertiary/aromatic N) is 1. The Balaban J connectivity index is 3.11. The maximum Gasteiger partial charge on any atom is 0.253 e. The van der Waals surface area contributed by atoms with Crippen LogP contribution in [-0.4, -0.2) is 38.9 Å². The van der Waals surface area contributed by atoms with Gasteiger partial charge in [0, 0.05) is 25.2 Å². The smallest absolute Gasteiger partial charge is 0.253 e. The summed E-state index contributed by atoms with van der Waals surface area (Å²) in [5.74, 6) is -0.154. The number of carbonyl (C=O) groups is 1. The minimum Gasteiger partial charge on any atom is -0.339 e. The summed E-state index contributed by atoms with van der Waals surface area (Å²) in [5, 5.41) is 0. The molecule has 1 amide bonds. The normalized spacial score (nSPS) is 11.3. The topological polar surface area (TPSA) is 66.5 Å². The summed E-state index contributed by atoms with van der Waals surface area (Å²) in [6, 6.07) is 6.11. The van der Waals surface area contributed by atoms with Gasteiger partial charge in [-0.05, 0) is 32.0 Å². The second kappa shape index (κ2) is 6.68. The van der Waals surface area contributed by atoms with Crippen LogP contribution in [0, 0.1) is 0 Å². The highest BCUT2D eigenvalue weighted by Gasteiger charge is 2.17. The Morgan fingerprint density at radius 2 is 1.84 bits per heavy atom. The number of sulfonamides is 1. The van der Waals surface area contributed by atoms with Crippen molar-refractivity contribution in [1.82, 2.24) is 9.62 Å². The van der Waals surface area contributed by atoms with Gasteiger partial charge in [0.25, 0.3) is 5.91 Å². The fourth-order valence-corrected chi connectivity index (χ4v) is 2.85. The Kier molecular flexibility index (Phi) is 5.50. The van der Waals surface area contributed by atoms with Crippen molar-refractivity contribution in [3.05, 3.63) is 29.8 Å². The van der Waals surface area contributed by atoms with E-state index in [-0.39, 0.29) is 10.8 Å². The molecule has 1 aromatic carbocycles. The molecule has 0 saturated carbocycles. The van der Waals surface area contributed by atoms with Gasteiger partial charge in [0.05, 0.1) is 4.90 Å². The molecule has 0 aromatic heterocycles. The summed E-state index contributed by atoms with van der Waals surface area (Å²) >= 11 is 0. The fraction of sp³-hybridized carbons (Fsp3) is 0.462. The monoisotopic (exact) mass is 284 g/mol. The Morgan fingerprint density at radius 1 is 1.21 bits per heavy atom. The Morgan fingerprint density at radius 3 is 2.37 bits per heavy atom. The van der Waals surface area contributed by atoms with Crippen molar-refractivity contribution in [3.63, 3.8) is 0 Å². The summed E-state index contributed by atoms with van der Waals surface area (Å²) in [5.41, 5.74) is 0.391. The van der Waals surface area contributed by atoms with Crippen LogP contribution < -0.4 is 4.72 Å². The van der Waals surface area contributed by atoms with Crippen molar-refractivity contribution in [2.45, 2.75) is 25.7 Å². The van der Waals surface area contributed by atoms with Crippen molar-refractivity contribution in [1.29, 1.82) is 0 Å². The summed E-state index contributed by atoms with van der Waals surface area (Å²) < 4.78 is 26.2. The van der Waals surface area contributed by atoms with Gasteiger partial charge in [-0.25, -0.2) is 13.1 Å². The van der Waals surface area contributed by atoms with Gasteiger partial charge in [-0.1, -0.05) is 13.0 Å². The van der Waals surface area contributed by atoms with E-state index in [0.29, 0.717) is 25.2 Å². The van der Waals surface area contributed by atoms with Gasteiger partial charge < -0.3 is 4.90 Å². The van der Waals surface area contributed by atoms with Crippen molar-refractivity contribution in [2.75, 3.05) is 19.6 Å². The average molecular weight is 284 g/mol. The standard InChI is InChI=1S/C13H20N2O3S/c1-4-14-19(17,18)12-9-7-8-11(10-12)13(16)15(5-2)6-3/h7-10,14H,4-6H2,1-3H3. The number of hydrogen-bond acceptors (Lipinski definition) is 3. The molecule has 0 radical (unpaired) electrons. The Bertz CT molecular complexity index is 537. The lowest BCUT2D eigenvalue weighted by atomic mass is 10.2. The maximum absolute atomic E-state index is 12.2. The molecule has 0 fully saturated rings. The quantitative estimate of drug-likeness (QED) is 0.860. The van der Waals surface area contributed by atoms with Crippen LogP contribution in [0.25, 0.3) is 0 Å². The largest absolute Gasteiger partial charge is 0.339 e. The van der Waals surface area contributed by atoms with E-state index in [4.69, 9.17) is 0 Å². The fourth-order valence-electron chi connectivity index (χ4n) is 1.76. The molecular weight excluding hydrogens is 264 g/mol. The highest BCUT2D eigenvalue weighted by atomic mass is 32.2. The van der Waals surface area contributed by atoms with Crippen LogP contribution in [-0.2, 0) is 10.0 Å². The van der Waals surface area contributed by atoms with E-state index in [1.807, 2.05) is 13.8 Å². The molecular formula is C13H20N2O3S. The van der Waals surface area contributed by atoms with Gasteiger partial charge in [-0.3, -0.25) is 4.79 Å². The van der Waals surface area contributed by atoms with Gasteiger partial charge in [0.2, 0.25) is 10.0 Å². The van der Waals surface area contributed by atoms with Crippen LogP contribution in [0.15, 0.2) is 29.2 Å². The molecule has 1 N–H and O–H groups in total. The minimum atomic E-state index is -3.53. The van der Waals surface area contributed by atoms with E-state index in [1.165, 1.54) is 12.1 Å². The predicted octanol–water partition coefficient (Wildman–Crippen LogP) is 1.47. The van der Waals surface area contributed by atoms with E-state index in [2.05, 4.69) is 4.72 Å². The molecule has 5 nitrogen and oxygen atoms in total. The third-order valence-corrected chi connectivity index (χ3v) is 4.32. The molecule has 0 unspecified atom stereocenters. The lowest BCUT2D eigenvalue weighted by Gasteiger charge is -2.18. The lowest BCUT2D eigenvalue weighted by Crippen LogP contribution is -2.30. The molecule has 0 bridgehead atoms. The molecule has 0 saturated heterocycles. The average Bonchev–Trinajstić information content (AvgIpc) is 2.40. The van der Waals surface area contributed by atoms with Gasteiger partial charge >= 0.3 is 0 Å². The number of amides is 1. The number of nitrogens with one attached hydrogen (secondary N) is 1. The molecule has 106 valence electrons. The van der Waals surface area contributed by atoms with Crippen LogP contribution in [0.4, 0.5) is 0 Å². The first-order chi connectivity index (χ1) is 8.96. The predicted molar refractivity (Wildman–Crippen MR) is 74.6 cm³/mol. The molecule has 1 aromatic rings. The zero-order valence-corrected chi connectivity index (χ0v) is 12.3. The highest BCUT2D eigenvalue weighted by molar-refractivity contribution is 7.89. The van der Waals surface area contributed by atoms with Gasteiger partial charge in [0.1, 0.15) is 0 Å². The number of hydrogen-bond donors (Lipinski definition) is 1. The first-order valence-corrected chi connectivity index (χ1v) is 7.83. The van der Waals surface area contributed by atoms with Crippen molar-refractivity contribution in [3.8, 4) is 0 Å². The summed E-state index contributed by atoms with van der Waals surface area (Å²) in [6.07, 6.45) is 0. The first kappa shape index (κ1) is 15.7. The second-order valence-corrected chi connectivity index (χ2v) is 5.77. The molecule has 19 heavy (non-hydrogen) atoms. The van der Waals surface area contributed by atoms with Crippen LogP contribution in [0.1, 0.15) is 31.1 Å². The second-order valence-electron chi connectivity index (χ2n) is 4.01. The molecule has 0 heterocycles. The van der Waals surface area contributed by atoms with E-state index < -0.39 is 10.0 Å². The zero-order chi connectivity index (χ0) is 14.5. The molecule has 0 atom stereocenters. The van der Waals surface area contributed by atoms with Crippen LogP contribution in [0.2, 0.25) is 0 Å². The van der Waals surface area contributed by atoms with Crippen molar-refractivity contribution >= 4 is 15.9 Å². The Hall–Kier alpha value is -1.40. The van der Waals surface area contributed by atoms with Crippen molar-refractivity contribution in [2.24, 2.45) is 0 Å². The van der Waals surface area contributed by atoms with E-state index >= 15 is 0 Å². The van der Waals surface area contributed by atoms with Crippen LogP contribution >= 0.6 is 0 Å². The SMILES string of the molecule is CCNS(=O)(=O)c1cccc(C(=O)N(CC)CC)c1.